The van der Waals surface area contributed by atoms with Crippen molar-refractivity contribution in [2.75, 3.05) is 17.7 Å². The maximum Gasteiger partial charge on any atom is 0.255 e. The Morgan fingerprint density at radius 2 is 2.00 bits per heavy atom. The number of amides is 1. The molecule has 0 heterocycles. The molecule has 98 valence electrons. The summed E-state index contributed by atoms with van der Waals surface area (Å²) in [7, 11) is 1.62. The van der Waals surface area contributed by atoms with Gasteiger partial charge in [0.1, 0.15) is 5.82 Å². The fourth-order valence-electron chi connectivity index (χ4n) is 1.63. The summed E-state index contributed by atoms with van der Waals surface area (Å²) >= 11 is 3.32. The van der Waals surface area contributed by atoms with Crippen LogP contribution in [0.3, 0.4) is 0 Å². The first kappa shape index (κ1) is 13.5. The number of rotatable bonds is 3. The second kappa shape index (κ2) is 5.84. The SMILES string of the molecule is CNc1ccc(C(=O)Nc2cccc(Br)c2)cc1F. The Morgan fingerprint density at radius 3 is 2.63 bits per heavy atom. The normalized spacial score (nSPS) is 10.1. The minimum atomic E-state index is -0.454. The molecule has 2 aromatic rings. The van der Waals surface area contributed by atoms with E-state index in [9.17, 15) is 9.18 Å². The highest BCUT2D eigenvalue weighted by atomic mass is 79.9. The summed E-state index contributed by atoms with van der Waals surface area (Å²) in [6.45, 7) is 0. The van der Waals surface area contributed by atoms with Crippen LogP contribution in [0.1, 0.15) is 10.4 Å². The van der Waals surface area contributed by atoms with E-state index in [0.717, 1.165) is 4.47 Å². The summed E-state index contributed by atoms with van der Waals surface area (Å²) < 4.78 is 14.4. The highest BCUT2D eigenvalue weighted by Crippen LogP contribution is 2.18. The maximum atomic E-state index is 13.6. The maximum absolute atomic E-state index is 13.6. The molecule has 19 heavy (non-hydrogen) atoms. The minimum absolute atomic E-state index is 0.275. The quantitative estimate of drug-likeness (QED) is 0.900. The van der Waals surface area contributed by atoms with Crippen molar-refractivity contribution < 1.29 is 9.18 Å². The van der Waals surface area contributed by atoms with Gasteiger partial charge in [0.15, 0.2) is 0 Å². The van der Waals surface area contributed by atoms with Crippen LogP contribution in [0.2, 0.25) is 0 Å². The number of hydrogen-bond donors (Lipinski definition) is 2. The van der Waals surface area contributed by atoms with Gasteiger partial charge in [0, 0.05) is 22.8 Å². The van der Waals surface area contributed by atoms with E-state index < -0.39 is 5.82 Å². The molecule has 0 aliphatic rings. The summed E-state index contributed by atoms with van der Waals surface area (Å²) in [5.41, 5.74) is 1.29. The molecule has 0 atom stereocenters. The molecule has 0 bridgehead atoms. The molecule has 0 unspecified atom stereocenters. The number of carbonyl (C=O) groups excluding carboxylic acids is 1. The van der Waals surface area contributed by atoms with E-state index in [-0.39, 0.29) is 11.5 Å². The van der Waals surface area contributed by atoms with Gasteiger partial charge >= 0.3 is 0 Å². The molecule has 2 rings (SSSR count). The zero-order valence-electron chi connectivity index (χ0n) is 10.2. The summed E-state index contributed by atoms with van der Waals surface area (Å²) in [5.74, 6) is -0.802. The fraction of sp³-hybridized carbons (Fsp3) is 0.0714. The Morgan fingerprint density at radius 1 is 1.21 bits per heavy atom. The van der Waals surface area contributed by atoms with Crippen molar-refractivity contribution >= 4 is 33.2 Å². The number of nitrogens with one attached hydrogen (secondary N) is 2. The first-order valence-corrected chi connectivity index (χ1v) is 6.43. The van der Waals surface area contributed by atoms with Crippen molar-refractivity contribution in [3.05, 3.63) is 58.3 Å². The molecule has 0 radical (unpaired) electrons. The first-order chi connectivity index (χ1) is 9.10. The molecule has 3 nitrogen and oxygen atoms in total. The minimum Gasteiger partial charge on any atom is -0.386 e. The monoisotopic (exact) mass is 322 g/mol. The summed E-state index contributed by atoms with van der Waals surface area (Å²) in [6.07, 6.45) is 0. The zero-order valence-corrected chi connectivity index (χ0v) is 11.8. The van der Waals surface area contributed by atoms with Crippen molar-refractivity contribution in [3.8, 4) is 0 Å². The lowest BCUT2D eigenvalue weighted by atomic mass is 10.1. The number of halogens is 2. The number of anilines is 2. The van der Waals surface area contributed by atoms with E-state index in [1.54, 1.807) is 25.2 Å². The van der Waals surface area contributed by atoms with Crippen molar-refractivity contribution in [3.63, 3.8) is 0 Å². The van der Waals surface area contributed by atoms with E-state index >= 15 is 0 Å². The molecular weight excluding hydrogens is 311 g/mol. The Kier molecular flexibility index (Phi) is 4.16. The average Bonchev–Trinajstić information content (AvgIpc) is 2.38. The first-order valence-electron chi connectivity index (χ1n) is 5.64. The molecular formula is C14H12BrFN2O. The van der Waals surface area contributed by atoms with Crippen LogP contribution >= 0.6 is 15.9 Å². The third kappa shape index (κ3) is 3.32. The molecule has 0 saturated heterocycles. The summed E-state index contributed by atoms with van der Waals surface area (Å²) in [6, 6.07) is 11.5. The highest BCUT2D eigenvalue weighted by Gasteiger charge is 2.09. The fourth-order valence-corrected chi connectivity index (χ4v) is 2.03. The molecule has 2 N–H and O–H groups in total. The largest absolute Gasteiger partial charge is 0.386 e. The topological polar surface area (TPSA) is 41.1 Å². The van der Waals surface area contributed by atoms with Gasteiger partial charge < -0.3 is 10.6 Å². The lowest BCUT2D eigenvalue weighted by molar-refractivity contribution is 0.102. The van der Waals surface area contributed by atoms with Gasteiger partial charge in [-0.3, -0.25) is 4.79 Å². The molecule has 0 aliphatic heterocycles. The molecule has 1 amide bonds. The van der Waals surface area contributed by atoms with Crippen LogP contribution in [0, 0.1) is 5.82 Å². The Hall–Kier alpha value is -1.88. The van der Waals surface area contributed by atoms with E-state index in [1.165, 1.54) is 12.1 Å². The third-order valence-electron chi connectivity index (χ3n) is 2.58. The van der Waals surface area contributed by atoms with Crippen molar-refractivity contribution in [1.29, 1.82) is 0 Å². The molecule has 0 spiro atoms. The van der Waals surface area contributed by atoms with Gasteiger partial charge in [-0.2, -0.15) is 0 Å². The molecule has 2 aromatic carbocycles. The highest BCUT2D eigenvalue weighted by molar-refractivity contribution is 9.10. The standard InChI is InChI=1S/C14H12BrFN2O/c1-17-13-6-5-9(7-12(13)16)14(19)18-11-4-2-3-10(15)8-11/h2-8,17H,1H3,(H,18,19). The van der Waals surface area contributed by atoms with Gasteiger partial charge in [-0.15, -0.1) is 0 Å². The van der Waals surface area contributed by atoms with Crippen LogP contribution in [-0.2, 0) is 0 Å². The summed E-state index contributed by atoms with van der Waals surface area (Å²) in [5, 5.41) is 5.41. The predicted octanol–water partition coefficient (Wildman–Crippen LogP) is 3.88. The lowest BCUT2D eigenvalue weighted by Gasteiger charge is -2.07. The molecule has 0 aliphatic carbocycles. The van der Waals surface area contributed by atoms with Crippen LogP contribution in [0.25, 0.3) is 0 Å². The zero-order chi connectivity index (χ0) is 13.8. The van der Waals surface area contributed by atoms with Crippen molar-refractivity contribution in [2.45, 2.75) is 0 Å². The van der Waals surface area contributed by atoms with E-state index in [2.05, 4.69) is 26.6 Å². The number of benzene rings is 2. The van der Waals surface area contributed by atoms with Crippen LogP contribution < -0.4 is 10.6 Å². The molecule has 5 heteroatoms. The van der Waals surface area contributed by atoms with Gasteiger partial charge in [0.25, 0.3) is 5.91 Å². The second-order valence-electron chi connectivity index (χ2n) is 3.91. The van der Waals surface area contributed by atoms with E-state index in [1.807, 2.05) is 12.1 Å². The number of carbonyl (C=O) groups is 1. The van der Waals surface area contributed by atoms with Crippen molar-refractivity contribution in [2.24, 2.45) is 0 Å². The van der Waals surface area contributed by atoms with Gasteiger partial charge in [0.2, 0.25) is 0 Å². The average molecular weight is 323 g/mol. The van der Waals surface area contributed by atoms with Crippen LogP contribution in [0.5, 0.6) is 0 Å². The van der Waals surface area contributed by atoms with Gasteiger partial charge in [-0.05, 0) is 36.4 Å². The number of hydrogen-bond acceptors (Lipinski definition) is 2. The van der Waals surface area contributed by atoms with E-state index in [0.29, 0.717) is 11.4 Å². The lowest BCUT2D eigenvalue weighted by Crippen LogP contribution is -2.12. The Labute approximate surface area is 119 Å². The smallest absolute Gasteiger partial charge is 0.255 e. The molecule has 0 fully saturated rings. The molecule has 0 saturated carbocycles. The van der Waals surface area contributed by atoms with Gasteiger partial charge in [-0.1, -0.05) is 22.0 Å². The Balaban J connectivity index is 2.18. The van der Waals surface area contributed by atoms with E-state index in [4.69, 9.17) is 0 Å². The predicted molar refractivity (Wildman–Crippen MR) is 78.0 cm³/mol. The Bertz CT molecular complexity index is 616. The van der Waals surface area contributed by atoms with Crippen molar-refractivity contribution in [1.82, 2.24) is 0 Å². The van der Waals surface area contributed by atoms with Crippen LogP contribution in [0.15, 0.2) is 46.9 Å². The summed E-state index contributed by atoms with van der Waals surface area (Å²) in [4.78, 5) is 12.0. The van der Waals surface area contributed by atoms with Gasteiger partial charge in [-0.25, -0.2) is 4.39 Å². The van der Waals surface area contributed by atoms with Crippen LogP contribution in [-0.4, -0.2) is 13.0 Å². The van der Waals surface area contributed by atoms with Crippen LogP contribution in [0.4, 0.5) is 15.8 Å². The second-order valence-corrected chi connectivity index (χ2v) is 4.82. The van der Waals surface area contributed by atoms with Gasteiger partial charge in [0.05, 0.1) is 5.69 Å². The molecule has 0 aromatic heterocycles. The third-order valence-corrected chi connectivity index (χ3v) is 3.08.